The summed E-state index contributed by atoms with van der Waals surface area (Å²) in [4.78, 5) is 0. The van der Waals surface area contributed by atoms with Crippen LogP contribution in [-0.2, 0) is 0 Å². The number of alkyl halides is 1. The highest BCUT2D eigenvalue weighted by atomic mass is 35.5. The van der Waals surface area contributed by atoms with Gasteiger partial charge in [0.15, 0.2) is 0 Å². The first-order valence-corrected chi connectivity index (χ1v) is 5.40. The molecule has 0 aromatic rings. The highest BCUT2D eigenvalue weighted by Gasteiger charge is 2.25. The number of hydrogen-bond acceptors (Lipinski definition) is 1. The molecule has 1 rings (SSSR count). The van der Waals surface area contributed by atoms with Crippen molar-refractivity contribution in [1.82, 2.24) is 5.32 Å². The maximum Gasteiger partial charge on any atom is 0.0266 e. The van der Waals surface area contributed by atoms with Crippen LogP contribution in [0, 0.1) is 5.92 Å². The largest absolute Gasteiger partial charge is 0.310 e. The van der Waals surface area contributed by atoms with Crippen LogP contribution < -0.4 is 5.32 Å². The summed E-state index contributed by atoms with van der Waals surface area (Å²) in [6.45, 7) is 0.863. The van der Waals surface area contributed by atoms with Gasteiger partial charge in [0.05, 0.1) is 0 Å². The lowest BCUT2D eigenvalue weighted by atomic mass is 10.1. The highest BCUT2D eigenvalue weighted by molar-refractivity contribution is 6.25. The second kappa shape index (κ2) is 5.85. The quantitative estimate of drug-likeness (QED) is 0.700. The molecule has 0 aromatic carbocycles. The maximum atomic E-state index is 5.83. The van der Waals surface area contributed by atoms with Gasteiger partial charge in [0.25, 0.3) is 0 Å². The van der Waals surface area contributed by atoms with Crippen LogP contribution in [0.4, 0.5) is 0 Å². The minimum Gasteiger partial charge on any atom is -0.310 e. The number of nitrogens with one attached hydrogen (secondary N) is 1. The van der Waals surface area contributed by atoms with Crippen molar-refractivity contribution in [2.24, 2.45) is 5.92 Å². The van der Waals surface area contributed by atoms with E-state index in [1.165, 1.54) is 19.3 Å². The van der Waals surface area contributed by atoms with E-state index in [-0.39, 0.29) is 0 Å². The SMILES string of the molecule is Cl/C=C/CNC1CCCC1CCl. The van der Waals surface area contributed by atoms with Gasteiger partial charge in [-0.3, -0.25) is 0 Å². The van der Waals surface area contributed by atoms with Gasteiger partial charge in [-0.15, -0.1) is 11.6 Å². The predicted octanol–water partition coefficient (Wildman–Crippen LogP) is 2.74. The molecule has 2 atom stereocenters. The van der Waals surface area contributed by atoms with E-state index in [0.717, 1.165) is 12.4 Å². The zero-order chi connectivity index (χ0) is 8.81. The van der Waals surface area contributed by atoms with Crippen LogP contribution >= 0.6 is 23.2 Å². The summed E-state index contributed by atoms with van der Waals surface area (Å²) in [5, 5.41) is 3.43. The first kappa shape index (κ1) is 10.4. The fourth-order valence-corrected chi connectivity index (χ4v) is 2.21. The van der Waals surface area contributed by atoms with Gasteiger partial charge in [-0.25, -0.2) is 0 Å². The molecular weight excluding hydrogens is 193 g/mol. The summed E-state index contributed by atoms with van der Waals surface area (Å²) in [5.74, 6) is 1.44. The molecule has 1 fully saturated rings. The van der Waals surface area contributed by atoms with Crippen molar-refractivity contribution >= 4 is 23.2 Å². The summed E-state index contributed by atoms with van der Waals surface area (Å²) in [6.07, 6.45) is 5.75. The topological polar surface area (TPSA) is 12.0 Å². The molecule has 0 aromatic heterocycles. The van der Waals surface area contributed by atoms with Gasteiger partial charge < -0.3 is 5.32 Å². The van der Waals surface area contributed by atoms with E-state index >= 15 is 0 Å². The monoisotopic (exact) mass is 207 g/mol. The minimum atomic E-state index is 0.607. The Morgan fingerprint density at radius 3 is 2.92 bits per heavy atom. The second-order valence-electron chi connectivity index (χ2n) is 3.22. The third-order valence-electron chi connectivity index (χ3n) is 2.44. The van der Waals surface area contributed by atoms with Gasteiger partial charge in [-0.2, -0.15) is 0 Å². The lowest BCUT2D eigenvalue weighted by molar-refractivity contribution is 0.449. The van der Waals surface area contributed by atoms with Crippen LogP contribution in [0.25, 0.3) is 0 Å². The molecule has 70 valence electrons. The summed E-state index contributed by atoms with van der Waals surface area (Å²) in [7, 11) is 0. The van der Waals surface area contributed by atoms with Crippen molar-refractivity contribution in [3.8, 4) is 0 Å². The Bertz CT molecular complexity index is 147. The molecule has 0 radical (unpaired) electrons. The Hall–Kier alpha value is 0.280. The molecule has 0 spiro atoms. The van der Waals surface area contributed by atoms with Gasteiger partial charge in [0.2, 0.25) is 0 Å². The van der Waals surface area contributed by atoms with E-state index < -0.39 is 0 Å². The fraction of sp³-hybridized carbons (Fsp3) is 0.778. The van der Waals surface area contributed by atoms with E-state index in [2.05, 4.69) is 5.32 Å². The first-order valence-electron chi connectivity index (χ1n) is 4.43. The van der Waals surface area contributed by atoms with Crippen LogP contribution in [0.2, 0.25) is 0 Å². The van der Waals surface area contributed by atoms with Crippen molar-refractivity contribution in [3.05, 3.63) is 11.6 Å². The highest BCUT2D eigenvalue weighted by Crippen LogP contribution is 2.26. The number of hydrogen-bond donors (Lipinski definition) is 1. The lowest BCUT2D eigenvalue weighted by Gasteiger charge is -2.17. The van der Waals surface area contributed by atoms with E-state index in [4.69, 9.17) is 23.2 Å². The minimum absolute atomic E-state index is 0.607. The molecule has 2 unspecified atom stereocenters. The normalized spacial score (nSPS) is 30.2. The number of rotatable bonds is 4. The lowest BCUT2D eigenvalue weighted by Crippen LogP contribution is -2.33. The smallest absolute Gasteiger partial charge is 0.0266 e. The first-order chi connectivity index (χ1) is 5.88. The molecule has 1 N–H and O–H groups in total. The standard InChI is InChI=1S/C9H15Cl2N/c10-5-2-6-12-9-4-1-3-8(9)7-11/h2,5,8-9,12H,1,3-4,6-7H2/b5-2+. The summed E-state index contributed by atoms with van der Waals surface area (Å²) < 4.78 is 0. The van der Waals surface area contributed by atoms with E-state index in [1.54, 1.807) is 5.54 Å². The van der Waals surface area contributed by atoms with E-state index in [9.17, 15) is 0 Å². The van der Waals surface area contributed by atoms with E-state index in [1.807, 2.05) is 6.08 Å². The number of halogens is 2. The Balaban J connectivity index is 2.21. The molecule has 0 amide bonds. The average molecular weight is 208 g/mol. The van der Waals surface area contributed by atoms with Crippen LogP contribution in [0.1, 0.15) is 19.3 Å². The van der Waals surface area contributed by atoms with Gasteiger partial charge in [0.1, 0.15) is 0 Å². The summed E-state index contributed by atoms with van der Waals surface area (Å²) in [6, 6.07) is 0.607. The summed E-state index contributed by atoms with van der Waals surface area (Å²) in [5.41, 5.74) is 1.55. The third-order valence-corrected chi connectivity index (χ3v) is 3.02. The third kappa shape index (κ3) is 2.96. The Morgan fingerprint density at radius 1 is 1.42 bits per heavy atom. The van der Waals surface area contributed by atoms with Crippen LogP contribution in [-0.4, -0.2) is 18.5 Å². The molecule has 0 bridgehead atoms. The van der Waals surface area contributed by atoms with Crippen LogP contribution in [0.5, 0.6) is 0 Å². The van der Waals surface area contributed by atoms with Crippen LogP contribution in [0.15, 0.2) is 11.6 Å². The van der Waals surface area contributed by atoms with E-state index in [0.29, 0.717) is 12.0 Å². The predicted molar refractivity (Wildman–Crippen MR) is 54.8 cm³/mol. The molecule has 1 aliphatic carbocycles. The Kier molecular flexibility index (Phi) is 5.05. The molecule has 0 heterocycles. The van der Waals surface area contributed by atoms with Crippen molar-refractivity contribution in [1.29, 1.82) is 0 Å². The van der Waals surface area contributed by atoms with Gasteiger partial charge in [0, 0.05) is 24.0 Å². The van der Waals surface area contributed by atoms with Gasteiger partial charge >= 0.3 is 0 Å². The van der Waals surface area contributed by atoms with Crippen molar-refractivity contribution in [2.45, 2.75) is 25.3 Å². The Morgan fingerprint density at radius 2 is 2.25 bits per heavy atom. The molecule has 1 aliphatic rings. The molecule has 1 saturated carbocycles. The molecule has 12 heavy (non-hydrogen) atoms. The van der Waals surface area contributed by atoms with Gasteiger partial charge in [-0.05, 0) is 18.8 Å². The van der Waals surface area contributed by atoms with Crippen LogP contribution in [0.3, 0.4) is 0 Å². The molecule has 1 nitrogen and oxygen atoms in total. The zero-order valence-electron chi connectivity index (χ0n) is 7.10. The average Bonchev–Trinajstić information content (AvgIpc) is 2.52. The molecule has 0 saturated heterocycles. The molecular formula is C9H15Cl2N. The molecule has 3 heteroatoms. The molecule has 0 aliphatic heterocycles. The maximum absolute atomic E-state index is 5.83. The van der Waals surface area contributed by atoms with Crippen molar-refractivity contribution in [3.63, 3.8) is 0 Å². The Labute approximate surface area is 84.1 Å². The van der Waals surface area contributed by atoms with Crippen molar-refractivity contribution < 1.29 is 0 Å². The second-order valence-corrected chi connectivity index (χ2v) is 3.78. The zero-order valence-corrected chi connectivity index (χ0v) is 8.61. The van der Waals surface area contributed by atoms with Crippen molar-refractivity contribution in [2.75, 3.05) is 12.4 Å². The summed E-state index contributed by atoms with van der Waals surface area (Å²) >= 11 is 11.2. The van der Waals surface area contributed by atoms with Gasteiger partial charge in [-0.1, -0.05) is 24.1 Å². The fourth-order valence-electron chi connectivity index (χ4n) is 1.75.